The number of benzene rings is 1. The van der Waals surface area contributed by atoms with Crippen molar-refractivity contribution >= 4 is 22.9 Å². The van der Waals surface area contributed by atoms with Crippen LogP contribution in [0.4, 0.5) is 0 Å². The minimum absolute atomic E-state index is 0.221. The van der Waals surface area contributed by atoms with Crippen LogP contribution < -0.4 is 5.43 Å². The van der Waals surface area contributed by atoms with Gasteiger partial charge >= 0.3 is 11.9 Å². The molecule has 1 aromatic carbocycles. The van der Waals surface area contributed by atoms with Gasteiger partial charge in [0.05, 0.1) is 12.0 Å². The Morgan fingerprint density at radius 2 is 2.05 bits per heavy atom. The van der Waals surface area contributed by atoms with Crippen molar-refractivity contribution in [2.24, 2.45) is 0 Å². The summed E-state index contributed by atoms with van der Waals surface area (Å²) < 4.78 is 15.0. The van der Waals surface area contributed by atoms with Gasteiger partial charge in [-0.25, -0.2) is 9.59 Å². The maximum absolute atomic E-state index is 11.9. The van der Waals surface area contributed by atoms with E-state index >= 15 is 0 Å². The second kappa shape index (κ2) is 4.80. The topological polar surface area (TPSA) is 82.8 Å². The van der Waals surface area contributed by atoms with Crippen molar-refractivity contribution in [2.45, 2.75) is 12.5 Å². The van der Waals surface area contributed by atoms with Crippen LogP contribution in [0.1, 0.15) is 17.0 Å². The third-order valence-corrected chi connectivity index (χ3v) is 2.97. The standard InChI is InChI=1S/C14H10O6/c15-9-7-12(19-10-4-2-1-3-8(9)10)14(17)20-11-5-6-18-13(11)16/h1-4,7,11H,5-6H2/t11-/m1/s1. The van der Waals surface area contributed by atoms with Gasteiger partial charge in [-0.1, -0.05) is 12.1 Å². The Hall–Kier alpha value is -2.63. The van der Waals surface area contributed by atoms with Crippen molar-refractivity contribution < 1.29 is 23.5 Å². The van der Waals surface area contributed by atoms with E-state index in [4.69, 9.17) is 9.15 Å². The number of fused-ring (bicyclic) bond motifs is 1. The summed E-state index contributed by atoms with van der Waals surface area (Å²) in [6.07, 6.45) is -0.623. The maximum atomic E-state index is 11.9. The van der Waals surface area contributed by atoms with Gasteiger partial charge in [0.25, 0.3) is 0 Å². The second-order valence-corrected chi connectivity index (χ2v) is 4.32. The number of para-hydroxylation sites is 1. The SMILES string of the molecule is O=C(O[C@@H]1CCOC1=O)c1cc(=O)c2ccccc2o1. The normalized spacial score (nSPS) is 18.0. The van der Waals surface area contributed by atoms with Crippen LogP contribution in [0.5, 0.6) is 0 Å². The van der Waals surface area contributed by atoms with Gasteiger partial charge in [-0.05, 0) is 12.1 Å². The van der Waals surface area contributed by atoms with Gasteiger partial charge in [-0.15, -0.1) is 0 Å². The minimum Gasteiger partial charge on any atom is -0.463 e. The molecule has 2 heterocycles. The lowest BCUT2D eigenvalue weighted by molar-refractivity contribution is -0.145. The summed E-state index contributed by atoms with van der Waals surface area (Å²) in [6.45, 7) is 0.221. The smallest absolute Gasteiger partial charge is 0.375 e. The molecule has 6 nitrogen and oxygen atoms in total. The highest BCUT2D eigenvalue weighted by atomic mass is 16.6. The van der Waals surface area contributed by atoms with Crippen molar-refractivity contribution in [3.05, 3.63) is 46.3 Å². The van der Waals surface area contributed by atoms with E-state index in [1.807, 2.05) is 0 Å². The molecule has 0 spiro atoms. The summed E-state index contributed by atoms with van der Waals surface area (Å²) in [6, 6.07) is 7.63. The van der Waals surface area contributed by atoms with Crippen LogP contribution in [0.2, 0.25) is 0 Å². The first-order valence-electron chi connectivity index (χ1n) is 6.05. The van der Waals surface area contributed by atoms with Crippen LogP contribution >= 0.6 is 0 Å². The molecule has 0 aliphatic carbocycles. The molecule has 1 aromatic heterocycles. The number of carbonyl (C=O) groups is 2. The predicted octanol–water partition coefficient (Wildman–Crippen LogP) is 1.27. The third kappa shape index (κ3) is 2.16. The molecular formula is C14H10O6. The van der Waals surface area contributed by atoms with Crippen molar-refractivity contribution in [3.8, 4) is 0 Å². The highest BCUT2D eigenvalue weighted by Gasteiger charge is 2.31. The molecule has 0 N–H and O–H groups in total. The molecule has 102 valence electrons. The van der Waals surface area contributed by atoms with E-state index in [-0.39, 0.29) is 17.8 Å². The van der Waals surface area contributed by atoms with E-state index in [0.717, 1.165) is 6.07 Å². The lowest BCUT2D eigenvalue weighted by Crippen LogP contribution is -2.23. The average Bonchev–Trinajstić information content (AvgIpc) is 2.84. The van der Waals surface area contributed by atoms with Gasteiger partial charge in [0.1, 0.15) is 5.58 Å². The van der Waals surface area contributed by atoms with E-state index in [0.29, 0.717) is 17.4 Å². The van der Waals surface area contributed by atoms with Crippen molar-refractivity contribution in [2.75, 3.05) is 6.61 Å². The van der Waals surface area contributed by atoms with Crippen LogP contribution in [0.3, 0.4) is 0 Å². The van der Waals surface area contributed by atoms with Crippen LogP contribution in [0, 0.1) is 0 Å². The molecule has 0 unspecified atom stereocenters. The fraction of sp³-hybridized carbons (Fsp3) is 0.214. The van der Waals surface area contributed by atoms with E-state index in [1.54, 1.807) is 24.3 Å². The second-order valence-electron chi connectivity index (χ2n) is 4.32. The quantitative estimate of drug-likeness (QED) is 0.767. The van der Waals surface area contributed by atoms with Crippen molar-refractivity contribution in [1.29, 1.82) is 0 Å². The summed E-state index contributed by atoms with van der Waals surface area (Å²) in [5.74, 6) is -1.66. The molecule has 3 rings (SSSR count). The molecule has 2 aromatic rings. The Balaban J connectivity index is 1.92. The van der Waals surface area contributed by atoms with E-state index in [1.165, 1.54) is 0 Å². The predicted molar refractivity (Wildman–Crippen MR) is 67.3 cm³/mol. The van der Waals surface area contributed by atoms with Crippen molar-refractivity contribution in [1.82, 2.24) is 0 Å². The van der Waals surface area contributed by atoms with Gasteiger partial charge in [0.2, 0.25) is 11.9 Å². The number of hydrogen-bond acceptors (Lipinski definition) is 6. The number of hydrogen-bond donors (Lipinski definition) is 0. The highest BCUT2D eigenvalue weighted by Crippen LogP contribution is 2.16. The van der Waals surface area contributed by atoms with Gasteiger partial charge in [0.15, 0.2) is 5.43 Å². The zero-order valence-electron chi connectivity index (χ0n) is 10.3. The molecule has 0 bridgehead atoms. The Kier molecular flexibility index (Phi) is 2.98. The fourth-order valence-corrected chi connectivity index (χ4v) is 1.98. The van der Waals surface area contributed by atoms with Gasteiger partial charge in [0, 0.05) is 12.5 Å². The Labute approximate surface area is 112 Å². The van der Waals surface area contributed by atoms with Gasteiger partial charge in [-0.3, -0.25) is 4.79 Å². The number of rotatable bonds is 2. The Bertz CT molecular complexity index is 745. The van der Waals surface area contributed by atoms with E-state index in [2.05, 4.69) is 4.74 Å². The Morgan fingerprint density at radius 3 is 2.80 bits per heavy atom. The molecule has 1 atom stereocenters. The summed E-state index contributed by atoms with van der Waals surface area (Å²) in [7, 11) is 0. The number of esters is 2. The zero-order valence-corrected chi connectivity index (χ0v) is 10.3. The molecule has 1 fully saturated rings. The molecule has 0 saturated carbocycles. The first-order chi connectivity index (χ1) is 9.65. The number of carbonyl (C=O) groups excluding carboxylic acids is 2. The Morgan fingerprint density at radius 1 is 1.25 bits per heavy atom. The minimum atomic E-state index is -0.931. The van der Waals surface area contributed by atoms with Crippen LogP contribution in [0.15, 0.2) is 39.5 Å². The lowest BCUT2D eigenvalue weighted by Gasteiger charge is -2.07. The third-order valence-electron chi connectivity index (χ3n) is 2.97. The average molecular weight is 274 g/mol. The molecule has 1 saturated heterocycles. The van der Waals surface area contributed by atoms with Crippen molar-refractivity contribution in [3.63, 3.8) is 0 Å². The maximum Gasteiger partial charge on any atom is 0.375 e. The van der Waals surface area contributed by atoms with Gasteiger partial charge in [-0.2, -0.15) is 0 Å². The molecular weight excluding hydrogens is 264 g/mol. The molecule has 1 aliphatic heterocycles. The fourth-order valence-electron chi connectivity index (χ4n) is 1.98. The van der Waals surface area contributed by atoms with Crippen LogP contribution in [-0.4, -0.2) is 24.6 Å². The lowest BCUT2D eigenvalue weighted by atomic mass is 10.2. The molecule has 0 amide bonds. The molecule has 1 aliphatic rings. The largest absolute Gasteiger partial charge is 0.463 e. The zero-order chi connectivity index (χ0) is 14.1. The highest BCUT2D eigenvalue weighted by molar-refractivity contribution is 5.91. The summed E-state index contributed by atoms with van der Waals surface area (Å²) in [5, 5.41) is 0.379. The molecule has 6 heteroatoms. The number of ether oxygens (including phenoxy) is 2. The summed E-state index contributed by atoms with van der Waals surface area (Å²) >= 11 is 0. The first kappa shape index (κ1) is 12.4. The summed E-state index contributed by atoms with van der Waals surface area (Å²) in [4.78, 5) is 35.0. The molecule has 20 heavy (non-hydrogen) atoms. The molecule has 0 radical (unpaired) electrons. The summed E-state index contributed by atoms with van der Waals surface area (Å²) in [5.41, 5.74) is -0.0475. The van der Waals surface area contributed by atoms with Crippen LogP contribution in [-0.2, 0) is 14.3 Å². The van der Waals surface area contributed by atoms with Gasteiger partial charge < -0.3 is 13.9 Å². The van der Waals surface area contributed by atoms with Crippen LogP contribution in [0.25, 0.3) is 11.0 Å². The monoisotopic (exact) mass is 274 g/mol. The van der Waals surface area contributed by atoms with E-state index in [9.17, 15) is 14.4 Å². The number of cyclic esters (lactones) is 1. The van der Waals surface area contributed by atoms with E-state index < -0.39 is 18.0 Å². The first-order valence-corrected chi connectivity index (χ1v) is 6.05.